The lowest BCUT2D eigenvalue weighted by molar-refractivity contribution is 0.112. The molecule has 0 heterocycles. The van der Waals surface area contributed by atoms with E-state index in [0.29, 0.717) is 11.8 Å². The number of hydrogen-bond acceptors (Lipinski definition) is 1. The molecule has 0 amide bonds. The van der Waals surface area contributed by atoms with Gasteiger partial charge >= 0.3 is 0 Å². The first-order chi connectivity index (χ1) is 8.52. The van der Waals surface area contributed by atoms with Gasteiger partial charge in [-0.1, -0.05) is 17.7 Å². The number of hydrogen-bond donors (Lipinski definition) is 0. The summed E-state index contributed by atoms with van der Waals surface area (Å²) in [4.78, 5) is 10.6. The molecule has 0 bridgehead atoms. The molecule has 0 radical (unpaired) electrons. The number of aldehydes is 1. The molecular weight excluding hydrogens is 265 g/mol. The lowest BCUT2D eigenvalue weighted by Crippen LogP contribution is -1.91. The van der Waals surface area contributed by atoms with Crippen molar-refractivity contribution in [1.82, 2.24) is 0 Å². The Hall–Kier alpha value is -1.81. The SMILES string of the molecule is O=Cc1cc(-c2cc(F)c(Cl)c(F)c2)ccc1F. The Balaban J connectivity index is 2.58. The molecule has 2 rings (SSSR count). The maximum atomic E-state index is 13.3. The third kappa shape index (κ3) is 2.24. The fourth-order valence-corrected chi connectivity index (χ4v) is 1.64. The van der Waals surface area contributed by atoms with E-state index in [-0.39, 0.29) is 11.1 Å². The quantitative estimate of drug-likeness (QED) is 0.589. The Labute approximate surface area is 106 Å². The highest BCUT2D eigenvalue weighted by Crippen LogP contribution is 2.28. The fraction of sp³-hybridized carbons (Fsp3) is 0. The molecule has 0 saturated heterocycles. The number of carbonyl (C=O) groups excluding carboxylic acids is 1. The average molecular weight is 271 g/mol. The van der Waals surface area contributed by atoms with Crippen LogP contribution in [0.25, 0.3) is 11.1 Å². The molecule has 0 fully saturated rings. The van der Waals surface area contributed by atoms with Gasteiger partial charge in [0.05, 0.1) is 5.56 Å². The summed E-state index contributed by atoms with van der Waals surface area (Å²) in [7, 11) is 0. The molecule has 0 aromatic heterocycles. The summed E-state index contributed by atoms with van der Waals surface area (Å²) in [6.07, 6.45) is 0.335. The molecule has 0 aliphatic heterocycles. The van der Waals surface area contributed by atoms with E-state index in [9.17, 15) is 18.0 Å². The van der Waals surface area contributed by atoms with Gasteiger partial charge in [-0.05, 0) is 35.4 Å². The van der Waals surface area contributed by atoms with Crippen LogP contribution in [0.4, 0.5) is 13.2 Å². The van der Waals surface area contributed by atoms with E-state index < -0.39 is 22.5 Å². The zero-order valence-corrected chi connectivity index (χ0v) is 9.64. The van der Waals surface area contributed by atoms with E-state index in [4.69, 9.17) is 11.6 Å². The topological polar surface area (TPSA) is 17.1 Å². The minimum Gasteiger partial charge on any atom is -0.298 e. The first-order valence-electron chi connectivity index (χ1n) is 4.92. The minimum atomic E-state index is -0.913. The van der Waals surface area contributed by atoms with Crippen LogP contribution in [0, 0.1) is 17.5 Å². The van der Waals surface area contributed by atoms with Crippen LogP contribution in [0.2, 0.25) is 5.02 Å². The highest BCUT2D eigenvalue weighted by atomic mass is 35.5. The Morgan fingerprint density at radius 1 is 0.889 bits per heavy atom. The van der Waals surface area contributed by atoms with Gasteiger partial charge in [0.15, 0.2) is 6.29 Å². The summed E-state index contributed by atoms with van der Waals surface area (Å²) in [5, 5.41) is -0.600. The second-order valence-electron chi connectivity index (χ2n) is 3.61. The zero-order chi connectivity index (χ0) is 13.3. The minimum absolute atomic E-state index is 0.178. The van der Waals surface area contributed by atoms with Crippen LogP contribution in [0.5, 0.6) is 0 Å². The lowest BCUT2D eigenvalue weighted by atomic mass is 10.0. The Morgan fingerprint density at radius 2 is 1.50 bits per heavy atom. The second-order valence-corrected chi connectivity index (χ2v) is 3.99. The maximum absolute atomic E-state index is 13.3. The molecule has 0 spiro atoms. The van der Waals surface area contributed by atoms with E-state index in [2.05, 4.69) is 0 Å². The van der Waals surface area contributed by atoms with Crippen molar-refractivity contribution < 1.29 is 18.0 Å². The van der Waals surface area contributed by atoms with Crippen molar-refractivity contribution in [3.8, 4) is 11.1 Å². The van der Waals surface area contributed by atoms with Gasteiger partial charge in [-0.15, -0.1) is 0 Å². The van der Waals surface area contributed by atoms with Crippen molar-refractivity contribution >= 4 is 17.9 Å². The molecule has 0 unspecified atom stereocenters. The summed E-state index contributed by atoms with van der Waals surface area (Å²) in [5.41, 5.74) is 0.328. The Morgan fingerprint density at radius 3 is 2.06 bits per heavy atom. The van der Waals surface area contributed by atoms with Crippen LogP contribution < -0.4 is 0 Å². The van der Waals surface area contributed by atoms with Crippen LogP contribution in [0.3, 0.4) is 0 Å². The molecule has 2 aromatic carbocycles. The van der Waals surface area contributed by atoms with Crippen LogP contribution in [0.1, 0.15) is 10.4 Å². The van der Waals surface area contributed by atoms with E-state index >= 15 is 0 Å². The maximum Gasteiger partial charge on any atom is 0.153 e. The van der Waals surface area contributed by atoms with Gasteiger partial charge in [-0.25, -0.2) is 13.2 Å². The Kier molecular flexibility index (Phi) is 3.39. The molecule has 0 aliphatic carbocycles. The van der Waals surface area contributed by atoms with Crippen molar-refractivity contribution in [3.63, 3.8) is 0 Å². The molecule has 18 heavy (non-hydrogen) atoms. The molecule has 5 heteroatoms. The van der Waals surface area contributed by atoms with Crippen LogP contribution in [-0.2, 0) is 0 Å². The number of benzene rings is 2. The van der Waals surface area contributed by atoms with E-state index in [1.54, 1.807) is 0 Å². The summed E-state index contributed by atoms with van der Waals surface area (Å²) in [6, 6.07) is 5.64. The summed E-state index contributed by atoms with van der Waals surface area (Å²) in [5.74, 6) is -2.52. The van der Waals surface area contributed by atoms with Gasteiger partial charge in [0, 0.05) is 0 Å². The second kappa shape index (κ2) is 4.82. The Bertz CT molecular complexity index is 603. The summed E-state index contributed by atoms with van der Waals surface area (Å²) in [6.45, 7) is 0. The van der Waals surface area contributed by atoms with Crippen molar-refractivity contribution in [2.45, 2.75) is 0 Å². The van der Waals surface area contributed by atoms with Gasteiger partial charge in [-0.2, -0.15) is 0 Å². The first kappa shape index (κ1) is 12.6. The van der Waals surface area contributed by atoms with E-state index in [0.717, 1.165) is 18.2 Å². The molecule has 0 aliphatic rings. The van der Waals surface area contributed by atoms with Crippen molar-refractivity contribution in [2.24, 2.45) is 0 Å². The van der Waals surface area contributed by atoms with E-state index in [1.807, 2.05) is 0 Å². The normalized spacial score (nSPS) is 10.4. The largest absolute Gasteiger partial charge is 0.298 e. The van der Waals surface area contributed by atoms with Crippen molar-refractivity contribution in [1.29, 1.82) is 0 Å². The first-order valence-corrected chi connectivity index (χ1v) is 5.30. The standard InChI is InChI=1S/C13H6ClF3O/c14-13-11(16)4-8(5-12(13)17)7-1-2-10(15)9(3-7)6-18/h1-6H. The average Bonchev–Trinajstić information content (AvgIpc) is 2.36. The predicted molar refractivity (Wildman–Crippen MR) is 62.1 cm³/mol. The molecule has 0 atom stereocenters. The monoisotopic (exact) mass is 270 g/mol. The summed E-state index contributed by atoms with van der Waals surface area (Å²) < 4.78 is 39.7. The van der Waals surface area contributed by atoms with Crippen molar-refractivity contribution in [3.05, 3.63) is 58.4 Å². The molecule has 0 saturated carbocycles. The third-order valence-electron chi connectivity index (χ3n) is 2.44. The van der Waals surface area contributed by atoms with Gasteiger partial charge < -0.3 is 0 Å². The fourth-order valence-electron chi connectivity index (χ4n) is 1.54. The smallest absolute Gasteiger partial charge is 0.153 e. The third-order valence-corrected chi connectivity index (χ3v) is 2.80. The van der Waals surface area contributed by atoms with Gasteiger partial charge in [-0.3, -0.25) is 4.79 Å². The van der Waals surface area contributed by atoms with Gasteiger partial charge in [0.1, 0.15) is 22.5 Å². The van der Waals surface area contributed by atoms with Crippen LogP contribution >= 0.6 is 11.6 Å². The van der Waals surface area contributed by atoms with Gasteiger partial charge in [0.2, 0.25) is 0 Å². The highest BCUT2D eigenvalue weighted by Gasteiger charge is 2.11. The zero-order valence-electron chi connectivity index (χ0n) is 8.88. The van der Waals surface area contributed by atoms with E-state index in [1.165, 1.54) is 12.1 Å². The molecule has 2 aromatic rings. The van der Waals surface area contributed by atoms with Crippen LogP contribution in [0.15, 0.2) is 30.3 Å². The van der Waals surface area contributed by atoms with Gasteiger partial charge in [0.25, 0.3) is 0 Å². The molecule has 1 nitrogen and oxygen atoms in total. The molecule has 0 N–H and O–H groups in total. The molecular formula is C13H6ClF3O. The lowest BCUT2D eigenvalue weighted by Gasteiger charge is -2.05. The predicted octanol–water partition coefficient (Wildman–Crippen LogP) is 4.24. The number of halogens is 4. The van der Waals surface area contributed by atoms with Crippen molar-refractivity contribution in [2.75, 3.05) is 0 Å². The number of rotatable bonds is 2. The molecule has 92 valence electrons. The number of carbonyl (C=O) groups is 1. The summed E-state index contributed by atoms with van der Waals surface area (Å²) >= 11 is 5.35. The van der Waals surface area contributed by atoms with Crippen LogP contribution in [-0.4, -0.2) is 6.29 Å². The highest BCUT2D eigenvalue weighted by molar-refractivity contribution is 6.31.